The molecule has 1 rings (SSSR count). The van der Waals surface area contributed by atoms with Gasteiger partial charge in [0.2, 0.25) is 0 Å². The molecule has 5 heteroatoms. The summed E-state index contributed by atoms with van der Waals surface area (Å²) in [6, 6.07) is 4.61. The van der Waals surface area contributed by atoms with E-state index < -0.39 is 11.9 Å². The van der Waals surface area contributed by atoms with Crippen molar-refractivity contribution in [3.8, 4) is 0 Å². The molecule has 3 nitrogen and oxygen atoms in total. The quantitative estimate of drug-likeness (QED) is 0.594. The van der Waals surface area contributed by atoms with Crippen LogP contribution in [0.5, 0.6) is 0 Å². The van der Waals surface area contributed by atoms with Gasteiger partial charge in [-0.15, -0.1) is 0 Å². The van der Waals surface area contributed by atoms with Gasteiger partial charge in [0, 0.05) is 0 Å². The molecule has 0 fully saturated rings. The fourth-order valence-electron chi connectivity index (χ4n) is 1.54. The van der Waals surface area contributed by atoms with Crippen molar-refractivity contribution in [1.82, 2.24) is 0 Å². The zero-order valence-corrected chi connectivity index (χ0v) is 12.4. The summed E-state index contributed by atoms with van der Waals surface area (Å²) in [6.07, 6.45) is 2.61. The molecule has 0 bridgehead atoms. The van der Waals surface area contributed by atoms with Gasteiger partial charge >= 0.3 is 11.9 Å². The van der Waals surface area contributed by atoms with E-state index in [1.54, 1.807) is 19.1 Å². The average molecular weight is 303 g/mol. The maximum atomic E-state index is 11.8. The molecule has 104 valence electrons. The minimum atomic E-state index is -0.763. The molecule has 19 heavy (non-hydrogen) atoms. The van der Waals surface area contributed by atoms with E-state index in [4.69, 9.17) is 27.9 Å². The molecule has 1 atom stereocenters. The summed E-state index contributed by atoms with van der Waals surface area (Å²) in [5.41, 5.74) is 0.102. The van der Waals surface area contributed by atoms with Crippen LogP contribution < -0.4 is 0 Å². The fourth-order valence-corrected chi connectivity index (χ4v) is 1.91. The molecule has 0 heterocycles. The van der Waals surface area contributed by atoms with Crippen LogP contribution in [0.15, 0.2) is 18.2 Å². The molecule has 1 unspecified atom stereocenters. The molecule has 0 spiro atoms. The van der Waals surface area contributed by atoms with Crippen molar-refractivity contribution < 1.29 is 14.3 Å². The summed E-state index contributed by atoms with van der Waals surface area (Å²) in [6.45, 7) is 3.78. The van der Waals surface area contributed by atoms with Crippen LogP contribution in [0.3, 0.4) is 0 Å². The number of rotatable bonds is 5. The fraction of sp³-hybridized carbons (Fsp3) is 0.429. The lowest BCUT2D eigenvalue weighted by Gasteiger charge is -2.10. The monoisotopic (exact) mass is 302 g/mol. The molecule has 0 aliphatic heterocycles. The highest BCUT2D eigenvalue weighted by Crippen LogP contribution is 2.26. The molecule has 0 aliphatic carbocycles. The Morgan fingerprint density at radius 2 is 2.00 bits per heavy atom. The maximum absolute atomic E-state index is 11.8. The van der Waals surface area contributed by atoms with Crippen LogP contribution >= 0.6 is 23.2 Å². The van der Waals surface area contributed by atoms with Gasteiger partial charge in [0.1, 0.15) is 0 Å². The zero-order valence-electron chi connectivity index (χ0n) is 10.9. The Labute approximate surface area is 122 Å². The van der Waals surface area contributed by atoms with Crippen LogP contribution in [0.25, 0.3) is 0 Å². The van der Waals surface area contributed by atoms with E-state index in [0.29, 0.717) is 6.42 Å². The van der Waals surface area contributed by atoms with Gasteiger partial charge in [0.25, 0.3) is 0 Å². The Balaban J connectivity index is 2.69. The lowest BCUT2D eigenvalue weighted by atomic mass is 10.1. The van der Waals surface area contributed by atoms with Crippen molar-refractivity contribution in [3.05, 3.63) is 33.8 Å². The largest absolute Gasteiger partial charge is 0.389 e. The van der Waals surface area contributed by atoms with E-state index in [1.807, 2.05) is 6.92 Å². The first-order valence-electron chi connectivity index (χ1n) is 6.17. The average Bonchev–Trinajstić information content (AvgIpc) is 2.38. The first kappa shape index (κ1) is 16.0. The summed E-state index contributed by atoms with van der Waals surface area (Å²) >= 11 is 11.7. The van der Waals surface area contributed by atoms with E-state index >= 15 is 0 Å². The minimum Gasteiger partial charge on any atom is -0.389 e. The van der Waals surface area contributed by atoms with Crippen molar-refractivity contribution in [1.29, 1.82) is 0 Å². The Hall–Kier alpha value is -1.06. The molecular weight excluding hydrogens is 287 g/mol. The number of carbonyl (C=O) groups excluding carboxylic acids is 2. The summed E-state index contributed by atoms with van der Waals surface area (Å²) in [5, 5.41) is 0.353. The number of carbonyl (C=O) groups is 2. The third-order valence-corrected chi connectivity index (χ3v) is 3.58. The van der Waals surface area contributed by atoms with E-state index in [9.17, 15) is 9.59 Å². The molecular formula is C14H16Cl2O3. The Kier molecular flexibility index (Phi) is 6.32. The van der Waals surface area contributed by atoms with Crippen LogP contribution in [0, 0.1) is 5.92 Å². The molecule has 1 aromatic rings. The topological polar surface area (TPSA) is 43.4 Å². The molecule has 0 saturated carbocycles. The van der Waals surface area contributed by atoms with Crippen LogP contribution in [0.4, 0.5) is 0 Å². The molecule has 0 saturated heterocycles. The highest BCUT2D eigenvalue weighted by molar-refractivity contribution is 6.43. The van der Waals surface area contributed by atoms with E-state index in [0.717, 1.165) is 12.8 Å². The van der Waals surface area contributed by atoms with Gasteiger partial charge in [-0.3, -0.25) is 4.79 Å². The van der Waals surface area contributed by atoms with Crippen LogP contribution in [-0.4, -0.2) is 11.9 Å². The molecule has 0 radical (unpaired) electrons. The first-order valence-corrected chi connectivity index (χ1v) is 6.93. The zero-order chi connectivity index (χ0) is 14.4. The third-order valence-electron chi connectivity index (χ3n) is 2.76. The van der Waals surface area contributed by atoms with Crippen molar-refractivity contribution in [2.75, 3.05) is 0 Å². The summed E-state index contributed by atoms with van der Waals surface area (Å²) in [5.74, 6) is -1.60. The Bertz CT molecular complexity index is 472. The molecule has 1 aromatic carbocycles. The van der Waals surface area contributed by atoms with Gasteiger partial charge in [-0.25, -0.2) is 4.79 Å². The maximum Gasteiger partial charge on any atom is 0.347 e. The summed E-state index contributed by atoms with van der Waals surface area (Å²) in [4.78, 5) is 23.5. The number of ether oxygens (including phenoxy) is 1. The lowest BCUT2D eigenvalue weighted by Crippen LogP contribution is -2.19. The standard InChI is InChI=1S/C14H16Cl2O3/c1-3-4-6-9(2)13(17)19-14(18)10-7-5-8-11(15)12(10)16/h5,7-9H,3-4,6H2,1-2H3. The number of hydrogen-bond donors (Lipinski definition) is 0. The molecule has 0 N–H and O–H groups in total. The van der Waals surface area contributed by atoms with E-state index in [1.165, 1.54) is 6.07 Å². The smallest absolute Gasteiger partial charge is 0.347 e. The van der Waals surface area contributed by atoms with Gasteiger partial charge in [0.05, 0.1) is 21.5 Å². The number of hydrogen-bond acceptors (Lipinski definition) is 3. The first-order chi connectivity index (χ1) is 8.97. The van der Waals surface area contributed by atoms with Crippen molar-refractivity contribution in [2.45, 2.75) is 33.1 Å². The minimum absolute atomic E-state index is 0.100. The number of unbranched alkanes of at least 4 members (excludes halogenated alkanes) is 1. The third kappa shape index (κ3) is 4.51. The summed E-state index contributed by atoms with van der Waals surface area (Å²) < 4.78 is 4.81. The van der Waals surface area contributed by atoms with Crippen molar-refractivity contribution in [3.63, 3.8) is 0 Å². The Morgan fingerprint density at radius 3 is 2.63 bits per heavy atom. The van der Waals surface area contributed by atoms with Crippen molar-refractivity contribution in [2.24, 2.45) is 5.92 Å². The Morgan fingerprint density at radius 1 is 1.32 bits per heavy atom. The summed E-state index contributed by atoms with van der Waals surface area (Å²) in [7, 11) is 0. The van der Waals surface area contributed by atoms with Gasteiger partial charge < -0.3 is 4.74 Å². The molecule has 0 aliphatic rings. The van der Waals surface area contributed by atoms with Crippen LogP contribution in [0.2, 0.25) is 10.0 Å². The number of halogens is 2. The second-order valence-corrected chi connectivity index (χ2v) is 5.14. The van der Waals surface area contributed by atoms with Gasteiger partial charge in [-0.05, 0) is 18.6 Å². The lowest BCUT2D eigenvalue weighted by molar-refractivity contribution is -0.142. The van der Waals surface area contributed by atoms with Crippen LogP contribution in [-0.2, 0) is 9.53 Å². The highest BCUT2D eigenvalue weighted by Gasteiger charge is 2.21. The van der Waals surface area contributed by atoms with Gasteiger partial charge in [0.15, 0.2) is 0 Å². The van der Waals surface area contributed by atoms with Gasteiger partial charge in [-0.2, -0.15) is 0 Å². The van der Waals surface area contributed by atoms with Gasteiger partial charge in [-0.1, -0.05) is 56.0 Å². The molecule has 0 aromatic heterocycles. The number of benzene rings is 1. The molecule has 0 amide bonds. The second kappa shape index (κ2) is 7.51. The normalized spacial score (nSPS) is 12.0. The number of esters is 2. The van der Waals surface area contributed by atoms with E-state index in [2.05, 4.69) is 0 Å². The van der Waals surface area contributed by atoms with Crippen LogP contribution in [0.1, 0.15) is 43.5 Å². The predicted octanol–water partition coefficient (Wildman–Crippen LogP) is 4.50. The SMILES string of the molecule is CCCCC(C)C(=O)OC(=O)c1cccc(Cl)c1Cl. The van der Waals surface area contributed by atoms with E-state index in [-0.39, 0.29) is 21.5 Å². The predicted molar refractivity (Wildman–Crippen MR) is 75.6 cm³/mol. The van der Waals surface area contributed by atoms with Crippen molar-refractivity contribution >= 4 is 35.1 Å². The highest BCUT2D eigenvalue weighted by atomic mass is 35.5. The second-order valence-electron chi connectivity index (χ2n) is 4.35.